The molecule has 0 unspecified atom stereocenters. The third kappa shape index (κ3) is 3.57. The molecule has 0 bridgehead atoms. The molecule has 4 nitrogen and oxygen atoms in total. The lowest BCUT2D eigenvalue weighted by molar-refractivity contribution is 0.579. The second-order valence-corrected chi connectivity index (χ2v) is 7.71. The fourth-order valence-corrected chi connectivity index (χ4v) is 4.24. The average Bonchev–Trinajstić information content (AvgIpc) is 2.82. The van der Waals surface area contributed by atoms with Gasteiger partial charge >= 0.3 is 0 Å². The summed E-state index contributed by atoms with van der Waals surface area (Å²) in [5.74, 6) is -0.817. The predicted molar refractivity (Wildman–Crippen MR) is 93.0 cm³/mol. The Labute approximate surface area is 144 Å². The van der Waals surface area contributed by atoms with E-state index < -0.39 is 15.8 Å². The van der Waals surface area contributed by atoms with Gasteiger partial charge in [-0.05, 0) is 67.8 Å². The number of sulfonamides is 1. The topological polar surface area (TPSA) is 62.0 Å². The largest absolute Gasteiger partial charge is 0.358 e. The lowest BCUT2D eigenvalue weighted by atomic mass is 10.1. The molecule has 1 aromatic heterocycles. The SMILES string of the molecule is Cc1cc(F)ccc1S(=O)(=O)NCCc1c(C)[nH]c2ccc(F)cc12. The van der Waals surface area contributed by atoms with Crippen LogP contribution in [-0.4, -0.2) is 19.9 Å². The van der Waals surface area contributed by atoms with Gasteiger partial charge in [0.25, 0.3) is 0 Å². The van der Waals surface area contributed by atoms with E-state index in [1.165, 1.54) is 24.3 Å². The fraction of sp³-hybridized carbons (Fsp3) is 0.222. The Morgan fingerprint density at radius 3 is 2.44 bits per heavy atom. The maximum atomic E-state index is 13.5. The number of rotatable bonds is 5. The van der Waals surface area contributed by atoms with E-state index in [4.69, 9.17) is 0 Å². The quantitative estimate of drug-likeness (QED) is 0.727. The Kier molecular flexibility index (Phi) is 4.62. The van der Waals surface area contributed by atoms with Gasteiger partial charge in [-0.1, -0.05) is 0 Å². The van der Waals surface area contributed by atoms with E-state index in [2.05, 4.69) is 9.71 Å². The molecule has 0 aliphatic rings. The van der Waals surface area contributed by atoms with E-state index in [0.717, 1.165) is 28.2 Å². The van der Waals surface area contributed by atoms with E-state index in [1.807, 2.05) is 6.92 Å². The average molecular weight is 364 g/mol. The first-order chi connectivity index (χ1) is 11.8. The van der Waals surface area contributed by atoms with E-state index in [-0.39, 0.29) is 17.3 Å². The van der Waals surface area contributed by atoms with Crippen molar-refractivity contribution in [2.24, 2.45) is 0 Å². The molecule has 0 aliphatic carbocycles. The Bertz CT molecular complexity index is 1040. The Morgan fingerprint density at radius 2 is 1.72 bits per heavy atom. The Morgan fingerprint density at radius 1 is 1.04 bits per heavy atom. The van der Waals surface area contributed by atoms with E-state index in [1.54, 1.807) is 13.0 Å². The minimum Gasteiger partial charge on any atom is -0.358 e. The molecule has 25 heavy (non-hydrogen) atoms. The van der Waals surface area contributed by atoms with Crippen LogP contribution in [0.25, 0.3) is 10.9 Å². The molecular formula is C18H18F2N2O2S. The summed E-state index contributed by atoms with van der Waals surface area (Å²) in [6, 6.07) is 8.02. The third-order valence-corrected chi connectivity index (χ3v) is 5.80. The number of aromatic amines is 1. The predicted octanol–water partition coefficient (Wildman–Crippen LogP) is 3.58. The van der Waals surface area contributed by atoms with Crippen LogP contribution in [0.4, 0.5) is 8.78 Å². The summed E-state index contributed by atoms with van der Waals surface area (Å²) < 4.78 is 53.9. The second kappa shape index (κ2) is 6.57. The summed E-state index contributed by atoms with van der Waals surface area (Å²) >= 11 is 0. The standard InChI is InChI=1S/C18H18F2N2O2S/c1-11-9-13(19)4-6-18(11)25(23,24)21-8-7-15-12(2)22-17-5-3-14(20)10-16(15)17/h3-6,9-10,21-22H,7-8H2,1-2H3. The smallest absolute Gasteiger partial charge is 0.240 e. The number of nitrogens with one attached hydrogen (secondary N) is 2. The molecule has 3 rings (SSSR count). The second-order valence-electron chi connectivity index (χ2n) is 5.98. The number of hydrogen-bond donors (Lipinski definition) is 2. The van der Waals surface area contributed by atoms with Gasteiger partial charge in [-0.15, -0.1) is 0 Å². The number of aromatic nitrogens is 1. The summed E-state index contributed by atoms with van der Waals surface area (Å²) in [5.41, 5.74) is 2.90. The van der Waals surface area contributed by atoms with Gasteiger partial charge in [0.2, 0.25) is 10.0 Å². The maximum absolute atomic E-state index is 13.5. The van der Waals surface area contributed by atoms with Crippen LogP contribution >= 0.6 is 0 Å². The van der Waals surface area contributed by atoms with Crippen LogP contribution in [0.1, 0.15) is 16.8 Å². The zero-order chi connectivity index (χ0) is 18.2. The molecule has 2 N–H and O–H groups in total. The molecule has 7 heteroatoms. The monoisotopic (exact) mass is 364 g/mol. The Balaban J connectivity index is 1.79. The molecule has 0 amide bonds. The van der Waals surface area contributed by atoms with Crippen molar-refractivity contribution in [3.05, 3.63) is 64.9 Å². The number of benzene rings is 2. The summed E-state index contributed by atoms with van der Waals surface area (Å²) in [5, 5.41) is 0.745. The zero-order valence-corrected chi connectivity index (χ0v) is 14.7. The van der Waals surface area contributed by atoms with Gasteiger partial charge in [-0.25, -0.2) is 21.9 Å². The summed E-state index contributed by atoms with van der Waals surface area (Å²) in [4.78, 5) is 3.21. The number of fused-ring (bicyclic) bond motifs is 1. The molecule has 0 saturated carbocycles. The zero-order valence-electron chi connectivity index (χ0n) is 13.9. The molecule has 0 atom stereocenters. The van der Waals surface area contributed by atoms with Gasteiger partial charge in [-0.3, -0.25) is 0 Å². The first-order valence-electron chi connectivity index (χ1n) is 7.80. The fourth-order valence-electron chi connectivity index (χ4n) is 2.98. The number of halogens is 2. The van der Waals surface area contributed by atoms with Crippen LogP contribution in [0.5, 0.6) is 0 Å². The van der Waals surface area contributed by atoms with Crippen molar-refractivity contribution >= 4 is 20.9 Å². The minimum absolute atomic E-state index is 0.0515. The highest BCUT2D eigenvalue weighted by Crippen LogP contribution is 2.23. The number of aryl methyl sites for hydroxylation is 2. The molecule has 1 heterocycles. The van der Waals surface area contributed by atoms with Gasteiger partial charge in [0.15, 0.2) is 0 Å². The van der Waals surface area contributed by atoms with Crippen LogP contribution in [0, 0.1) is 25.5 Å². The van der Waals surface area contributed by atoms with Crippen molar-refractivity contribution in [2.45, 2.75) is 25.2 Å². The van der Waals surface area contributed by atoms with E-state index in [0.29, 0.717) is 12.0 Å². The molecule has 0 saturated heterocycles. The molecule has 0 spiro atoms. The van der Waals surface area contributed by atoms with Gasteiger partial charge < -0.3 is 4.98 Å². The van der Waals surface area contributed by atoms with E-state index in [9.17, 15) is 17.2 Å². The van der Waals surface area contributed by atoms with Gasteiger partial charge in [0, 0.05) is 23.1 Å². The summed E-state index contributed by atoms with van der Waals surface area (Å²) in [7, 11) is -3.74. The highest BCUT2D eigenvalue weighted by molar-refractivity contribution is 7.89. The molecule has 3 aromatic rings. The molecule has 0 radical (unpaired) electrons. The normalized spacial score (nSPS) is 12.0. The first-order valence-corrected chi connectivity index (χ1v) is 9.29. The van der Waals surface area contributed by atoms with Crippen LogP contribution in [0.15, 0.2) is 41.3 Å². The van der Waals surface area contributed by atoms with Crippen molar-refractivity contribution in [3.8, 4) is 0 Å². The maximum Gasteiger partial charge on any atom is 0.240 e. The molecular weight excluding hydrogens is 346 g/mol. The molecule has 132 valence electrons. The van der Waals surface area contributed by atoms with Gasteiger partial charge in [0.1, 0.15) is 11.6 Å². The van der Waals surface area contributed by atoms with Crippen LogP contribution in [0.2, 0.25) is 0 Å². The van der Waals surface area contributed by atoms with Gasteiger partial charge in [-0.2, -0.15) is 0 Å². The van der Waals surface area contributed by atoms with Crippen molar-refractivity contribution in [3.63, 3.8) is 0 Å². The van der Waals surface area contributed by atoms with Crippen molar-refractivity contribution in [2.75, 3.05) is 6.54 Å². The van der Waals surface area contributed by atoms with Crippen LogP contribution in [0.3, 0.4) is 0 Å². The van der Waals surface area contributed by atoms with Crippen molar-refractivity contribution < 1.29 is 17.2 Å². The molecule has 0 aliphatic heterocycles. The lowest BCUT2D eigenvalue weighted by Gasteiger charge is -2.09. The molecule has 0 fully saturated rings. The highest BCUT2D eigenvalue weighted by Gasteiger charge is 2.17. The summed E-state index contributed by atoms with van der Waals surface area (Å²) in [6.45, 7) is 3.57. The van der Waals surface area contributed by atoms with Crippen LogP contribution in [-0.2, 0) is 16.4 Å². The highest BCUT2D eigenvalue weighted by atomic mass is 32.2. The Hall–Kier alpha value is -2.25. The van der Waals surface area contributed by atoms with Crippen LogP contribution < -0.4 is 4.72 Å². The lowest BCUT2D eigenvalue weighted by Crippen LogP contribution is -2.26. The summed E-state index contributed by atoms with van der Waals surface area (Å²) in [6.07, 6.45) is 0.411. The minimum atomic E-state index is -3.74. The number of hydrogen-bond acceptors (Lipinski definition) is 2. The number of H-pyrrole nitrogens is 1. The third-order valence-electron chi connectivity index (χ3n) is 4.18. The van der Waals surface area contributed by atoms with Gasteiger partial charge in [0.05, 0.1) is 4.90 Å². The van der Waals surface area contributed by atoms with E-state index >= 15 is 0 Å². The molecule has 2 aromatic carbocycles. The van der Waals surface area contributed by atoms with Crippen molar-refractivity contribution in [1.82, 2.24) is 9.71 Å². The van der Waals surface area contributed by atoms with Crippen molar-refractivity contribution in [1.29, 1.82) is 0 Å². The first kappa shape index (κ1) is 17.6.